The van der Waals surface area contributed by atoms with Crippen LogP contribution < -0.4 is 5.73 Å². The Labute approximate surface area is 131 Å². The smallest absolute Gasteiger partial charge is 0.249 e. The molecule has 0 aliphatic rings. The Morgan fingerprint density at radius 3 is 2.91 bits per heavy atom. The van der Waals surface area contributed by atoms with Crippen molar-refractivity contribution >= 4 is 40.2 Å². The number of carbonyl (C=O) groups is 1. The molecule has 1 aromatic carbocycles. The van der Waals surface area contributed by atoms with Gasteiger partial charge in [0.25, 0.3) is 0 Å². The van der Waals surface area contributed by atoms with Crippen molar-refractivity contribution in [2.75, 3.05) is 0 Å². The van der Waals surface area contributed by atoms with Crippen LogP contribution in [0.1, 0.15) is 11.1 Å². The van der Waals surface area contributed by atoms with Gasteiger partial charge < -0.3 is 15.8 Å². The highest BCUT2D eigenvalue weighted by atomic mass is 35.5. The lowest BCUT2D eigenvalue weighted by Gasteiger charge is -2.05. The number of phenolic OH excluding ortho intramolecular Hbond substituents is 1. The maximum absolute atomic E-state index is 11.8. The predicted octanol–water partition coefficient (Wildman–Crippen LogP) is 2.95. The predicted molar refractivity (Wildman–Crippen MR) is 86.3 cm³/mol. The Hall–Kier alpha value is -2.79. The minimum Gasteiger partial charge on any atom is -0.506 e. The number of nitrogens with two attached hydrogens (primary N) is 1. The highest BCUT2D eigenvalue weighted by Gasteiger charge is 2.12. The van der Waals surface area contributed by atoms with Crippen LogP contribution in [-0.2, 0) is 4.79 Å². The van der Waals surface area contributed by atoms with Crippen LogP contribution in [0.3, 0.4) is 0 Å². The minimum atomic E-state index is -0.583. The molecular formula is C16H12ClN3O2. The largest absolute Gasteiger partial charge is 0.506 e. The van der Waals surface area contributed by atoms with Gasteiger partial charge in [0.15, 0.2) is 0 Å². The second kappa shape index (κ2) is 5.54. The van der Waals surface area contributed by atoms with Crippen molar-refractivity contribution in [3.8, 4) is 5.75 Å². The number of rotatable bonds is 3. The van der Waals surface area contributed by atoms with Gasteiger partial charge in [-0.3, -0.25) is 4.79 Å². The van der Waals surface area contributed by atoms with Crippen LogP contribution in [0.4, 0.5) is 0 Å². The summed E-state index contributed by atoms with van der Waals surface area (Å²) < 4.78 is 0. The van der Waals surface area contributed by atoms with Crippen molar-refractivity contribution in [3.05, 3.63) is 58.9 Å². The summed E-state index contributed by atoms with van der Waals surface area (Å²) in [6.45, 7) is 0. The molecule has 0 spiro atoms. The zero-order valence-electron chi connectivity index (χ0n) is 11.4. The normalized spacial score (nSPS) is 11.8. The second-order valence-electron chi connectivity index (χ2n) is 4.73. The summed E-state index contributed by atoms with van der Waals surface area (Å²) in [4.78, 5) is 19.0. The maximum Gasteiger partial charge on any atom is 0.249 e. The number of phenols is 1. The SMILES string of the molecule is NC(=O)/C(=C\c1c[nH]c2ncccc12)c1ccc(O)c(Cl)c1. The molecule has 3 rings (SSSR count). The van der Waals surface area contributed by atoms with Crippen molar-refractivity contribution in [3.63, 3.8) is 0 Å². The number of hydrogen-bond donors (Lipinski definition) is 3. The molecule has 5 nitrogen and oxygen atoms in total. The lowest BCUT2D eigenvalue weighted by molar-refractivity contribution is -0.112. The van der Waals surface area contributed by atoms with E-state index < -0.39 is 5.91 Å². The Kier molecular flexibility index (Phi) is 3.56. The summed E-state index contributed by atoms with van der Waals surface area (Å²) in [7, 11) is 0. The molecule has 0 fully saturated rings. The highest BCUT2D eigenvalue weighted by molar-refractivity contribution is 6.33. The third-order valence-corrected chi connectivity index (χ3v) is 3.61. The number of aromatic nitrogens is 2. The first-order chi connectivity index (χ1) is 10.6. The zero-order valence-corrected chi connectivity index (χ0v) is 12.1. The molecule has 0 saturated heterocycles. The molecule has 0 aliphatic heterocycles. The van der Waals surface area contributed by atoms with Gasteiger partial charge in [0.1, 0.15) is 11.4 Å². The quantitative estimate of drug-likeness (QED) is 0.649. The number of nitrogens with one attached hydrogen (secondary N) is 1. The molecule has 22 heavy (non-hydrogen) atoms. The van der Waals surface area contributed by atoms with Gasteiger partial charge >= 0.3 is 0 Å². The first kappa shape index (κ1) is 14.2. The summed E-state index contributed by atoms with van der Waals surface area (Å²) in [5, 5.41) is 10.5. The average molecular weight is 314 g/mol. The fraction of sp³-hybridized carbons (Fsp3) is 0. The van der Waals surface area contributed by atoms with E-state index in [1.807, 2.05) is 12.1 Å². The number of fused-ring (bicyclic) bond motifs is 1. The number of H-pyrrole nitrogens is 1. The molecule has 110 valence electrons. The van der Waals surface area contributed by atoms with Gasteiger partial charge in [-0.2, -0.15) is 0 Å². The maximum atomic E-state index is 11.8. The Balaban J connectivity index is 2.15. The van der Waals surface area contributed by atoms with Gasteiger partial charge in [-0.05, 0) is 35.9 Å². The van der Waals surface area contributed by atoms with E-state index in [-0.39, 0.29) is 10.8 Å². The van der Waals surface area contributed by atoms with E-state index >= 15 is 0 Å². The van der Waals surface area contributed by atoms with Crippen molar-refractivity contribution < 1.29 is 9.90 Å². The van der Waals surface area contributed by atoms with E-state index in [1.165, 1.54) is 12.1 Å². The lowest BCUT2D eigenvalue weighted by atomic mass is 10.0. The van der Waals surface area contributed by atoms with Gasteiger partial charge in [-0.25, -0.2) is 4.98 Å². The van der Waals surface area contributed by atoms with Crippen molar-refractivity contribution in [2.24, 2.45) is 5.73 Å². The number of pyridine rings is 1. The summed E-state index contributed by atoms with van der Waals surface area (Å²) in [6, 6.07) is 8.22. The number of halogens is 1. The van der Waals surface area contributed by atoms with E-state index in [4.69, 9.17) is 17.3 Å². The van der Waals surface area contributed by atoms with E-state index in [9.17, 15) is 9.90 Å². The van der Waals surface area contributed by atoms with Crippen molar-refractivity contribution in [1.29, 1.82) is 0 Å². The number of aromatic amines is 1. The van der Waals surface area contributed by atoms with Crippen LogP contribution in [-0.4, -0.2) is 21.0 Å². The number of benzene rings is 1. The Morgan fingerprint density at radius 2 is 2.18 bits per heavy atom. The monoisotopic (exact) mass is 313 g/mol. The molecule has 3 aromatic rings. The summed E-state index contributed by atoms with van der Waals surface area (Å²) >= 11 is 5.89. The lowest BCUT2D eigenvalue weighted by Crippen LogP contribution is -2.12. The summed E-state index contributed by atoms with van der Waals surface area (Å²) in [5.41, 5.74) is 7.83. The number of primary amides is 1. The second-order valence-corrected chi connectivity index (χ2v) is 5.14. The van der Waals surface area contributed by atoms with Gasteiger partial charge in [0.2, 0.25) is 5.91 Å². The standard InChI is InChI=1S/C16H12ClN3O2/c17-13-7-9(3-4-14(13)21)12(15(18)22)6-10-8-20-16-11(10)2-1-5-19-16/h1-8,21H,(H2,18,22)(H,19,20)/b12-6-. The number of aromatic hydroxyl groups is 1. The molecule has 0 unspecified atom stereocenters. The molecule has 0 atom stereocenters. The summed E-state index contributed by atoms with van der Waals surface area (Å²) in [5.74, 6) is -0.634. The molecule has 0 aliphatic carbocycles. The van der Waals surface area contributed by atoms with Crippen LogP contribution in [0.25, 0.3) is 22.7 Å². The molecular weight excluding hydrogens is 302 g/mol. The van der Waals surface area contributed by atoms with E-state index in [1.54, 1.807) is 24.5 Å². The molecule has 0 bridgehead atoms. The van der Waals surface area contributed by atoms with Crippen LogP contribution in [0, 0.1) is 0 Å². The van der Waals surface area contributed by atoms with Crippen LogP contribution >= 0.6 is 11.6 Å². The van der Waals surface area contributed by atoms with Crippen LogP contribution in [0.15, 0.2) is 42.7 Å². The van der Waals surface area contributed by atoms with Crippen molar-refractivity contribution in [2.45, 2.75) is 0 Å². The summed E-state index contributed by atoms with van der Waals surface area (Å²) in [6.07, 6.45) is 5.11. The molecule has 2 heterocycles. The number of hydrogen-bond acceptors (Lipinski definition) is 3. The Bertz CT molecular complexity index is 899. The molecule has 0 saturated carbocycles. The van der Waals surface area contributed by atoms with Crippen LogP contribution in [0.5, 0.6) is 5.75 Å². The fourth-order valence-corrected chi connectivity index (χ4v) is 2.40. The highest BCUT2D eigenvalue weighted by Crippen LogP contribution is 2.29. The van der Waals surface area contributed by atoms with Gasteiger partial charge in [0.05, 0.1) is 5.02 Å². The fourth-order valence-electron chi connectivity index (χ4n) is 2.22. The van der Waals surface area contributed by atoms with Crippen molar-refractivity contribution in [1.82, 2.24) is 9.97 Å². The minimum absolute atomic E-state index is 0.0504. The molecule has 4 N–H and O–H groups in total. The average Bonchev–Trinajstić information content (AvgIpc) is 2.91. The third kappa shape index (κ3) is 2.54. The Morgan fingerprint density at radius 1 is 1.36 bits per heavy atom. The topological polar surface area (TPSA) is 92.0 Å². The zero-order chi connectivity index (χ0) is 15.7. The first-order valence-electron chi connectivity index (χ1n) is 6.49. The van der Waals surface area contributed by atoms with E-state index in [2.05, 4.69) is 9.97 Å². The molecule has 2 aromatic heterocycles. The number of amides is 1. The molecule has 1 amide bonds. The van der Waals surface area contributed by atoms with E-state index in [0.29, 0.717) is 11.1 Å². The van der Waals surface area contributed by atoms with Gasteiger partial charge in [0, 0.05) is 28.9 Å². The first-order valence-corrected chi connectivity index (χ1v) is 6.86. The van der Waals surface area contributed by atoms with Crippen LogP contribution in [0.2, 0.25) is 5.02 Å². The van der Waals surface area contributed by atoms with Gasteiger partial charge in [-0.1, -0.05) is 17.7 Å². The third-order valence-electron chi connectivity index (χ3n) is 3.31. The number of carbonyl (C=O) groups excluding carboxylic acids is 1. The molecule has 0 radical (unpaired) electrons. The number of nitrogens with zero attached hydrogens (tertiary/aromatic N) is 1. The van der Waals surface area contributed by atoms with E-state index in [0.717, 1.165) is 16.6 Å². The van der Waals surface area contributed by atoms with Gasteiger partial charge in [-0.15, -0.1) is 0 Å². The molecule has 6 heteroatoms.